The first-order chi connectivity index (χ1) is 10.0. The molecule has 1 aromatic rings. The Balaban J connectivity index is 1.88. The van der Waals surface area contributed by atoms with Gasteiger partial charge in [0.1, 0.15) is 0 Å². The van der Waals surface area contributed by atoms with Crippen molar-refractivity contribution in [3.8, 4) is 0 Å². The highest BCUT2D eigenvalue weighted by Gasteiger charge is 2.30. The smallest absolute Gasteiger partial charge is 0.317 e. The van der Waals surface area contributed by atoms with Crippen molar-refractivity contribution in [2.75, 3.05) is 19.7 Å². The van der Waals surface area contributed by atoms with Crippen LogP contribution >= 0.6 is 0 Å². The number of likely N-dealkylation sites (tertiary alicyclic amines) is 1. The molecule has 2 amide bonds. The second-order valence-electron chi connectivity index (χ2n) is 5.68. The van der Waals surface area contributed by atoms with Crippen molar-refractivity contribution < 1.29 is 15.0 Å². The lowest BCUT2D eigenvalue weighted by atomic mass is 9.96. The van der Waals surface area contributed by atoms with E-state index in [0.29, 0.717) is 38.9 Å². The lowest BCUT2D eigenvalue weighted by Crippen LogP contribution is -2.41. The topological polar surface area (TPSA) is 85.7 Å². The summed E-state index contributed by atoms with van der Waals surface area (Å²) in [5, 5.41) is 22.2. The van der Waals surface area contributed by atoms with Gasteiger partial charge < -0.3 is 20.4 Å². The van der Waals surface area contributed by atoms with E-state index in [0.717, 1.165) is 11.1 Å². The van der Waals surface area contributed by atoms with Crippen LogP contribution in [0.1, 0.15) is 30.4 Å². The van der Waals surface area contributed by atoms with Gasteiger partial charge in [0.2, 0.25) is 0 Å². The van der Waals surface area contributed by atoms with Gasteiger partial charge in [0.05, 0.1) is 12.2 Å². The van der Waals surface area contributed by atoms with Crippen molar-refractivity contribution >= 4 is 6.03 Å². The Hall–Kier alpha value is -1.66. The molecule has 1 saturated heterocycles. The molecule has 1 aromatic heterocycles. The quantitative estimate of drug-likeness (QED) is 0.770. The number of amides is 2. The van der Waals surface area contributed by atoms with E-state index in [9.17, 15) is 15.0 Å². The predicted octanol–water partition coefficient (Wildman–Crippen LogP) is 0.809. The molecular formula is C15H23N3O3. The fourth-order valence-electron chi connectivity index (χ4n) is 2.52. The summed E-state index contributed by atoms with van der Waals surface area (Å²) in [5.74, 6) is 0. The van der Waals surface area contributed by atoms with Crippen LogP contribution in [0.15, 0.2) is 18.5 Å². The van der Waals surface area contributed by atoms with Crippen LogP contribution < -0.4 is 5.32 Å². The molecule has 0 aliphatic carbocycles. The fraction of sp³-hybridized carbons (Fsp3) is 0.600. The molecular weight excluding hydrogens is 270 g/mol. The molecule has 0 saturated carbocycles. The second kappa shape index (κ2) is 6.87. The molecule has 2 heterocycles. The number of aromatic nitrogens is 1. The number of rotatable bonds is 3. The van der Waals surface area contributed by atoms with Crippen LogP contribution in [0.2, 0.25) is 0 Å². The SMILES string of the molecule is Cc1cnccc1CNC(=O)N1CCC[C@](O)(CO)CC1. The highest BCUT2D eigenvalue weighted by atomic mass is 16.3. The Morgan fingerprint density at radius 2 is 2.29 bits per heavy atom. The van der Waals surface area contributed by atoms with Crippen molar-refractivity contribution in [2.24, 2.45) is 0 Å². The lowest BCUT2D eigenvalue weighted by molar-refractivity contribution is -0.0248. The van der Waals surface area contributed by atoms with Gasteiger partial charge in [-0.1, -0.05) is 0 Å². The molecule has 0 unspecified atom stereocenters. The van der Waals surface area contributed by atoms with Gasteiger partial charge in [-0.15, -0.1) is 0 Å². The van der Waals surface area contributed by atoms with Crippen molar-refractivity contribution in [3.05, 3.63) is 29.6 Å². The number of nitrogens with one attached hydrogen (secondary N) is 1. The van der Waals surface area contributed by atoms with Gasteiger partial charge in [-0.3, -0.25) is 4.98 Å². The first kappa shape index (κ1) is 15.7. The minimum atomic E-state index is -1.04. The summed E-state index contributed by atoms with van der Waals surface area (Å²) in [6.45, 7) is 3.23. The Kier molecular flexibility index (Phi) is 5.14. The first-order valence-electron chi connectivity index (χ1n) is 7.29. The van der Waals surface area contributed by atoms with Crippen molar-refractivity contribution in [1.82, 2.24) is 15.2 Å². The van der Waals surface area contributed by atoms with Crippen LogP contribution in [-0.4, -0.2) is 51.4 Å². The van der Waals surface area contributed by atoms with E-state index in [4.69, 9.17) is 0 Å². The molecule has 0 aromatic carbocycles. The number of carbonyl (C=O) groups excluding carboxylic acids is 1. The summed E-state index contributed by atoms with van der Waals surface area (Å²) in [6.07, 6.45) is 5.11. The third-order valence-electron chi connectivity index (χ3n) is 4.07. The molecule has 0 bridgehead atoms. The molecule has 1 fully saturated rings. The van der Waals surface area contributed by atoms with Crippen LogP contribution in [-0.2, 0) is 6.54 Å². The minimum absolute atomic E-state index is 0.131. The Bertz CT molecular complexity index is 495. The lowest BCUT2D eigenvalue weighted by Gasteiger charge is -2.24. The summed E-state index contributed by atoms with van der Waals surface area (Å²) >= 11 is 0. The maximum atomic E-state index is 12.2. The number of hydrogen-bond acceptors (Lipinski definition) is 4. The van der Waals surface area contributed by atoms with Crippen LogP contribution in [0.4, 0.5) is 4.79 Å². The first-order valence-corrected chi connectivity index (χ1v) is 7.29. The summed E-state index contributed by atoms with van der Waals surface area (Å²) in [7, 11) is 0. The van der Waals surface area contributed by atoms with E-state index in [1.54, 1.807) is 17.3 Å². The summed E-state index contributed by atoms with van der Waals surface area (Å²) in [4.78, 5) is 17.9. The van der Waals surface area contributed by atoms with E-state index in [-0.39, 0.29) is 12.6 Å². The van der Waals surface area contributed by atoms with E-state index < -0.39 is 5.60 Å². The molecule has 2 rings (SSSR count). The summed E-state index contributed by atoms with van der Waals surface area (Å²) in [5.41, 5.74) is 1.04. The zero-order valence-corrected chi connectivity index (χ0v) is 12.4. The van der Waals surface area contributed by atoms with Crippen molar-refractivity contribution in [3.63, 3.8) is 0 Å². The normalized spacial score (nSPS) is 22.7. The average Bonchev–Trinajstić information content (AvgIpc) is 2.69. The van der Waals surface area contributed by atoms with Crippen molar-refractivity contribution in [1.29, 1.82) is 0 Å². The predicted molar refractivity (Wildman–Crippen MR) is 78.7 cm³/mol. The van der Waals surface area contributed by atoms with Gasteiger partial charge in [0.25, 0.3) is 0 Å². The maximum Gasteiger partial charge on any atom is 0.317 e. The molecule has 6 heteroatoms. The van der Waals surface area contributed by atoms with E-state index in [1.165, 1.54) is 0 Å². The van der Waals surface area contributed by atoms with Gasteiger partial charge >= 0.3 is 6.03 Å². The Morgan fingerprint density at radius 1 is 1.48 bits per heavy atom. The zero-order valence-electron chi connectivity index (χ0n) is 12.4. The molecule has 0 radical (unpaired) electrons. The zero-order chi connectivity index (χ0) is 15.3. The van der Waals surface area contributed by atoms with Gasteiger partial charge in [-0.25, -0.2) is 4.79 Å². The molecule has 1 atom stereocenters. The van der Waals surface area contributed by atoms with Gasteiger partial charge in [0.15, 0.2) is 0 Å². The molecule has 1 aliphatic heterocycles. The summed E-state index contributed by atoms with van der Waals surface area (Å²) < 4.78 is 0. The summed E-state index contributed by atoms with van der Waals surface area (Å²) in [6, 6.07) is 1.76. The highest BCUT2D eigenvalue weighted by Crippen LogP contribution is 2.21. The molecule has 1 aliphatic rings. The fourth-order valence-corrected chi connectivity index (χ4v) is 2.52. The molecule has 0 spiro atoms. The van der Waals surface area contributed by atoms with E-state index in [2.05, 4.69) is 10.3 Å². The number of carbonyl (C=O) groups is 1. The number of urea groups is 1. The standard InChI is InChI=1S/C15H23N3O3/c1-12-9-16-6-3-13(12)10-17-14(20)18-7-2-4-15(21,11-19)5-8-18/h3,6,9,19,21H,2,4-5,7-8,10-11H2,1H3,(H,17,20)/t15-/m1/s1. The van der Waals surface area contributed by atoms with Gasteiger partial charge in [-0.05, 0) is 43.4 Å². The van der Waals surface area contributed by atoms with Crippen LogP contribution in [0.3, 0.4) is 0 Å². The number of nitrogens with zero attached hydrogens (tertiary/aromatic N) is 2. The molecule has 6 nitrogen and oxygen atoms in total. The van der Waals surface area contributed by atoms with E-state index in [1.807, 2.05) is 13.0 Å². The number of aliphatic hydroxyl groups excluding tert-OH is 1. The average molecular weight is 293 g/mol. The largest absolute Gasteiger partial charge is 0.393 e. The number of aliphatic hydroxyl groups is 2. The van der Waals surface area contributed by atoms with Gasteiger partial charge in [-0.2, -0.15) is 0 Å². The maximum absolute atomic E-state index is 12.2. The van der Waals surface area contributed by atoms with Crippen molar-refractivity contribution in [2.45, 2.75) is 38.3 Å². The van der Waals surface area contributed by atoms with Crippen LogP contribution in [0.5, 0.6) is 0 Å². The second-order valence-corrected chi connectivity index (χ2v) is 5.68. The third-order valence-corrected chi connectivity index (χ3v) is 4.07. The van der Waals surface area contributed by atoms with Crippen LogP contribution in [0, 0.1) is 6.92 Å². The van der Waals surface area contributed by atoms with E-state index >= 15 is 0 Å². The molecule has 116 valence electrons. The van der Waals surface area contributed by atoms with Crippen LogP contribution in [0.25, 0.3) is 0 Å². The minimum Gasteiger partial charge on any atom is -0.393 e. The molecule has 3 N–H and O–H groups in total. The molecule has 21 heavy (non-hydrogen) atoms. The number of pyridine rings is 1. The van der Waals surface area contributed by atoms with Gasteiger partial charge in [0, 0.05) is 32.0 Å². The third kappa shape index (κ3) is 4.15. The Labute approximate surface area is 124 Å². The Morgan fingerprint density at radius 3 is 3.00 bits per heavy atom. The number of aryl methyl sites for hydroxylation is 1. The highest BCUT2D eigenvalue weighted by molar-refractivity contribution is 5.74. The monoisotopic (exact) mass is 293 g/mol. The number of hydrogen-bond donors (Lipinski definition) is 3.